The second kappa shape index (κ2) is 8.87. The predicted molar refractivity (Wildman–Crippen MR) is 123 cm³/mol. The van der Waals surface area contributed by atoms with E-state index in [0.29, 0.717) is 23.9 Å². The van der Waals surface area contributed by atoms with Crippen LogP contribution in [0.3, 0.4) is 0 Å². The second-order valence-electron chi connectivity index (χ2n) is 7.35. The number of halogens is 1. The van der Waals surface area contributed by atoms with Crippen LogP contribution in [-0.4, -0.2) is 52.2 Å². The maximum Gasteiger partial charge on any atom is 0.276 e. The number of thiocarbonyl (C=S) groups is 1. The number of benzene rings is 1. The van der Waals surface area contributed by atoms with Gasteiger partial charge in [0.25, 0.3) is 5.91 Å². The standard InChI is InChI=1S/C21H23BrN4O3S/c1-2-26-20(28)17(24-21(26)30)8-13-11-25(18-6-5-14(22)9-16(13)18)12-19(27)23-10-15-4-3-7-29-15/h5-6,8-9,11,15H,2-4,7,10,12H2,1H3,(H,23,27)(H,24,30)/b17-8-/t15-/m1/s1. The first-order valence-corrected chi connectivity index (χ1v) is 11.2. The molecule has 0 unspecified atom stereocenters. The lowest BCUT2D eigenvalue weighted by atomic mass is 10.1. The number of carbonyl (C=O) groups excluding carboxylic acids is 2. The van der Waals surface area contributed by atoms with Crippen molar-refractivity contribution >= 4 is 62.1 Å². The van der Waals surface area contributed by atoms with Crippen LogP contribution in [0.2, 0.25) is 0 Å². The van der Waals surface area contributed by atoms with Crippen molar-refractivity contribution in [2.45, 2.75) is 32.4 Å². The first kappa shape index (κ1) is 21.0. The smallest absolute Gasteiger partial charge is 0.276 e. The molecule has 7 nitrogen and oxygen atoms in total. The van der Waals surface area contributed by atoms with E-state index in [-0.39, 0.29) is 24.5 Å². The third-order valence-corrected chi connectivity index (χ3v) is 6.13. The largest absolute Gasteiger partial charge is 0.376 e. The molecule has 0 bridgehead atoms. The third kappa shape index (κ3) is 4.28. The number of amides is 2. The van der Waals surface area contributed by atoms with Gasteiger partial charge in [0.05, 0.1) is 6.10 Å². The number of carbonyl (C=O) groups is 2. The molecule has 0 radical (unpaired) electrons. The number of nitrogens with one attached hydrogen (secondary N) is 2. The van der Waals surface area contributed by atoms with Gasteiger partial charge in [0.15, 0.2) is 5.11 Å². The fourth-order valence-electron chi connectivity index (χ4n) is 3.80. The van der Waals surface area contributed by atoms with E-state index < -0.39 is 0 Å². The van der Waals surface area contributed by atoms with Crippen LogP contribution in [0, 0.1) is 0 Å². The van der Waals surface area contributed by atoms with Gasteiger partial charge in [0, 0.05) is 46.8 Å². The van der Waals surface area contributed by atoms with Crippen molar-refractivity contribution in [3.05, 3.63) is 40.1 Å². The molecule has 2 fully saturated rings. The number of aromatic nitrogens is 1. The van der Waals surface area contributed by atoms with Crippen LogP contribution in [0.1, 0.15) is 25.3 Å². The molecule has 2 saturated heterocycles. The second-order valence-corrected chi connectivity index (χ2v) is 8.65. The monoisotopic (exact) mass is 490 g/mol. The van der Waals surface area contributed by atoms with Gasteiger partial charge < -0.3 is 19.9 Å². The summed E-state index contributed by atoms with van der Waals surface area (Å²) in [6.45, 7) is 3.88. The summed E-state index contributed by atoms with van der Waals surface area (Å²) in [5.74, 6) is -0.217. The lowest BCUT2D eigenvalue weighted by Gasteiger charge is -2.11. The number of nitrogens with zero attached hydrogens (tertiary/aromatic N) is 2. The summed E-state index contributed by atoms with van der Waals surface area (Å²) < 4.78 is 8.38. The van der Waals surface area contributed by atoms with E-state index in [1.165, 1.54) is 4.90 Å². The van der Waals surface area contributed by atoms with E-state index in [1.54, 1.807) is 6.08 Å². The minimum absolute atomic E-state index is 0.0714. The molecule has 2 N–H and O–H groups in total. The van der Waals surface area contributed by atoms with Gasteiger partial charge in [-0.2, -0.15) is 0 Å². The zero-order chi connectivity index (χ0) is 21.3. The number of rotatable bonds is 6. The Morgan fingerprint density at radius 2 is 2.30 bits per heavy atom. The first-order chi connectivity index (χ1) is 14.5. The molecule has 2 aromatic rings. The van der Waals surface area contributed by atoms with Crippen LogP contribution in [-0.2, 0) is 20.9 Å². The van der Waals surface area contributed by atoms with Crippen molar-refractivity contribution in [3.63, 3.8) is 0 Å². The van der Waals surface area contributed by atoms with Gasteiger partial charge in [0.2, 0.25) is 5.91 Å². The molecule has 0 saturated carbocycles. The van der Waals surface area contributed by atoms with E-state index >= 15 is 0 Å². The summed E-state index contributed by atoms with van der Waals surface area (Å²) >= 11 is 8.75. The van der Waals surface area contributed by atoms with Gasteiger partial charge in [-0.05, 0) is 56.3 Å². The summed E-state index contributed by atoms with van der Waals surface area (Å²) in [6.07, 6.45) is 5.82. The third-order valence-electron chi connectivity index (χ3n) is 5.32. The van der Waals surface area contributed by atoms with E-state index in [1.807, 2.05) is 35.9 Å². The van der Waals surface area contributed by atoms with Gasteiger partial charge in [-0.3, -0.25) is 14.5 Å². The maximum atomic E-state index is 12.6. The van der Waals surface area contributed by atoms with Crippen LogP contribution >= 0.6 is 28.1 Å². The summed E-state index contributed by atoms with van der Waals surface area (Å²) in [6, 6.07) is 5.88. The predicted octanol–water partition coefficient (Wildman–Crippen LogP) is 2.78. The number of hydrogen-bond donors (Lipinski definition) is 2. The van der Waals surface area contributed by atoms with E-state index in [2.05, 4.69) is 26.6 Å². The molecule has 1 aromatic heterocycles. The lowest BCUT2D eigenvalue weighted by molar-refractivity contribution is -0.123. The molecule has 9 heteroatoms. The Balaban J connectivity index is 1.59. The van der Waals surface area contributed by atoms with Gasteiger partial charge in [0.1, 0.15) is 12.2 Å². The fraction of sp³-hybridized carbons (Fsp3) is 0.381. The molecule has 2 amide bonds. The minimum atomic E-state index is -0.146. The van der Waals surface area contributed by atoms with Crippen molar-refractivity contribution in [2.75, 3.05) is 19.7 Å². The van der Waals surface area contributed by atoms with Gasteiger partial charge >= 0.3 is 0 Å². The average molecular weight is 491 g/mol. The fourth-order valence-corrected chi connectivity index (χ4v) is 4.48. The molecule has 2 aliphatic rings. The molecule has 30 heavy (non-hydrogen) atoms. The van der Waals surface area contributed by atoms with Crippen LogP contribution in [0.15, 0.2) is 34.6 Å². The Morgan fingerprint density at radius 1 is 1.47 bits per heavy atom. The highest BCUT2D eigenvalue weighted by Crippen LogP contribution is 2.27. The van der Waals surface area contributed by atoms with E-state index in [9.17, 15) is 9.59 Å². The Bertz CT molecular complexity index is 1040. The Morgan fingerprint density at radius 3 is 3.00 bits per heavy atom. The zero-order valence-corrected chi connectivity index (χ0v) is 19.0. The highest BCUT2D eigenvalue weighted by molar-refractivity contribution is 9.10. The highest BCUT2D eigenvalue weighted by Gasteiger charge is 2.29. The quantitative estimate of drug-likeness (QED) is 0.480. The van der Waals surface area contributed by atoms with Gasteiger partial charge in [-0.1, -0.05) is 15.9 Å². The topological polar surface area (TPSA) is 75.6 Å². The van der Waals surface area contributed by atoms with E-state index in [4.69, 9.17) is 17.0 Å². The molecule has 4 rings (SSSR count). The van der Waals surface area contributed by atoms with Crippen molar-refractivity contribution in [1.29, 1.82) is 0 Å². The highest BCUT2D eigenvalue weighted by atomic mass is 79.9. The number of ether oxygens (including phenoxy) is 1. The SMILES string of the molecule is CCN1C(=O)/C(=C/c2cn(CC(=O)NC[C@H]3CCCO3)c3ccc(Br)cc23)NC1=S. The van der Waals surface area contributed by atoms with Crippen LogP contribution in [0.4, 0.5) is 0 Å². The van der Waals surface area contributed by atoms with Crippen molar-refractivity contribution in [2.24, 2.45) is 0 Å². The molecule has 158 valence electrons. The Kier molecular flexibility index (Phi) is 6.21. The summed E-state index contributed by atoms with van der Waals surface area (Å²) in [4.78, 5) is 26.6. The van der Waals surface area contributed by atoms with Crippen molar-refractivity contribution < 1.29 is 14.3 Å². The van der Waals surface area contributed by atoms with Gasteiger partial charge in [-0.15, -0.1) is 0 Å². The van der Waals surface area contributed by atoms with Crippen LogP contribution in [0.25, 0.3) is 17.0 Å². The van der Waals surface area contributed by atoms with Gasteiger partial charge in [-0.25, -0.2) is 0 Å². The number of fused-ring (bicyclic) bond motifs is 1. The summed E-state index contributed by atoms with van der Waals surface area (Å²) in [5.41, 5.74) is 2.19. The summed E-state index contributed by atoms with van der Waals surface area (Å²) in [7, 11) is 0. The Labute approximate surface area is 188 Å². The van der Waals surface area contributed by atoms with Crippen LogP contribution < -0.4 is 10.6 Å². The Hall–Kier alpha value is -2.23. The molecule has 1 atom stereocenters. The zero-order valence-electron chi connectivity index (χ0n) is 16.6. The summed E-state index contributed by atoms with van der Waals surface area (Å²) in [5, 5.41) is 7.30. The molecule has 3 heterocycles. The molecule has 1 aromatic carbocycles. The molecular formula is C21H23BrN4O3S. The number of likely N-dealkylation sites (N-methyl/N-ethyl adjacent to an activating group) is 1. The maximum absolute atomic E-state index is 12.6. The van der Waals surface area contributed by atoms with Crippen molar-refractivity contribution in [1.82, 2.24) is 20.1 Å². The van der Waals surface area contributed by atoms with Crippen LogP contribution in [0.5, 0.6) is 0 Å². The molecule has 0 aliphatic carbocycles. The normalized spacial score (nSPS) is 20.4. The van der Waals surface area contributed by atoms with E-state index in [0.717, 1.165) is 40.4 Å². The number of hydrogen-bond acceptors (Lipinski definition) is 4. The lowest BCUT2D eigenvalue weighted by Crippen LogP contribution is -2.34. The first-order valence-electron chi connectivity index (χ1n) is 9.97. The molecular weight excluding hydrogens is 468 g/mol. The molecule has 0 spiro atoms. The van der Waals surface area contributed by atoms with Crippen molar-refractivity contribution in [3.8, 4) is 0 Å². The molecule has 2 aliphatic heterocycles. The average Bonchev–Trinajstić information content (AvgIpc) is 3.41. The minimum Gasteiger partial charge on any atom is -0.376 e.